The van der Waals surface area contributed by atoms with E-state index in [4.69, 9.17) is 9.72 Å². The van der Waals surface area contributed by atoms with Gasteiger partial charge in [0.2, 0.25) is 0 Å². The number of hydrogen-bond donors (Lipinski definition) is 1. The number of nitrogens with zero attached hydrogens (tertiary/aromatic N) is 1. The molecule has 0 spiro atoms. The Labute approximate surface area is 153 Å². The number of aromatic carboxylic acids is 1. The van der Waals surface area contributed by atoms with Gasteiger partial charge in [0.05, 0.1) is 23.4 Å². The van der Waals surface area contributed by atoms with Gasteiger partial charge in [0.15, 0.2) is 0 Å². The summed E-state index contributed by atoms with van der Waals surface area (Å²) in [6, 6.07) is 13.2. The number of rotatable bonds is 6. The highest BCUT2D eigenvalue weighted by molar-refractivity contribution is 6.04. The third-order valence-corrected chi connectivity index (χ3v) is 4.38. The fourth-order valence-corrected chi connectivity index (χ4v) is 3.09. The number of pyridine rings is 1. The molecule has 0 aliphatic carbocycles. The van der Waals surface area contributed by atoms with Crippen LogP contribution in [-0.4, -0.2) is 22.7 Å². The van der Waals surface area contributed by atoms with Crippen LogP contribution in [0.3, 0.4) is 0 Å². The number of carbonyl (C=O) groups is 1. The van der Waals surface area contributed by atoms with Crippen molar-refractivity contribution in [2.45, 2.75) is 33.6 Å². The second-order valence-electron chi connectivity index (χ2n) is 6.57. The lowest BCUT2D eigenvalue weighted by atomic mass is 10.00. The zero-order valence-corrected chi connectivity index (χ0v) is 15.4. The summed E-state index contributed by atoms with van der Waals surface area (Å²) in [5.74, 6) is -0.172. The Morgan fingerprint density at radius 3 is 2.69 bits per heavy atom. The number of aromatic nitrogens is 1. The summed E-state index contributed by atoms with van der Waals surface area (Å²) >= 11 is 0. The Hall–Kier alpha value is -2.88. The summed E-state index contributed by atoms with van der Waals surface area (Å²) in [5.41, 5.74) is 4.49. The molecule has 1 heterocycles. The standard InChI is InChI=1S/C22H23NO3/c1-4-5-9-26-17-8-6-7-16(12-17)20-13-19(22(24)25)18-11-14(2)10-15(3)21(18)23-20/h6-8,10-13H,4-5,9H2,1-3H3,(H,24,25). The summed E-state index contributed by atoms with van der Waals surface area (Å²) in [6.07, 6.45) is 2.08. The van der Waals surface area contributed by atoms with Crippen molar-refractivity contribution < 1.29 is 14.6 Å². The second kappa shape index (κ2) is 7.56. The van der Waals surface area contributed by atoms with Gasteiger partial charge < -0.3 is 9.84 Å². The average molecular weight is 349 g/mol. The molecule has 3 aromatic rings. The van der Waals surface area contributed by atoms with Crippen molar-refractivity contribution in [3.8, 4) is 17.0 Å². The van der Waals surface area contributed by atoms with Crippen LogP contribution in [0.2, 0.25) is 0 Å². The molecule has 0 radical (unpaired) electrons. The first-order valence-electron chi connectivity index (χ1n) is 8.88. The summed E-state index contributed by atoms with van der Waals surface area (Å²) < 4.78 is 5.77. The molecule has 2 aromatic carbocycles. The lowest BCUT2D eigenvalue weighted by Crippen LogP contribution is -2.02. The summed E-state index contributed by atoms with van der Waals surface area (Å²) in [7, 11) is 0. The maximum Gasteiger partial charge on any atom is 0.336 e. The van der Waals surface area contributed by atoms with Gasteiger partial charge >= 0.3 is 5.97 Å². The third-order valence-electron chi connectivity index (χ3n) is 4.38. The molecule has 0 aliphatic rings. The van der Waals surface area contributed by atoms with Gasteiger partial charge in [-0.2, -0.15) is 0 Å². The highest BCUT2D eigenvalue weighted by Gasteiger charge is 2.15. The minimum atomic E-state index is -0.945. The van der Waals surface area contributed by atoms with Crippen molar-refractivity contribution in [1.29, 1.82) is 0 Å². The Morgan fingerprint density at radius 1 is 1.15 bits per heavy atom. The van der Waals surface area contributed by atoms with Crippen molar-refractivity contribution >= 4 is 16.9 Å². The van der Waals surface area contributed by atoms with Gasteiger partial charge in [0.25, 0.3) is 0 Å². The highest BCUT2D eigenvalue weighted by Crippen LogP contribution is 2.29. The largest absolute Gasteiger partial charge is 0.494 e. The number of benzene rings is 2. The van der Waals surface area contributed by atoms with Crippen LogP contribution in [0.1, 0.15) is 41.3 Å². The van der Waals surface area contributed by atoms with Crippen molar-refractivity contribution in [2.24, 2.45) is 0 Å². The molecule has 0 bridgehead atoms. The number of ether oxygens (including phenoxy) is 1. The van der Waals surface area contributed by atoms with Gasteiger partial charge in [-0.3, -0.25) is 0 Å². The van der Waals surface area contributed by atoms with Gasteiger partial charge in [0, 0.05) is 10.9 Å². The first kappa shape index (κ1) is 17.9. The van der Waals surface area contributed by atoms with E-state index in [0.717, 1.165) is 40.8 Å². The maximum atomic E-state index is 11.8. The molecule has 0 saturated carbocycles. The number of hydrogen-bond acceptors (Lipinski definition) is 3. The Morgan fingerprint density at radius 2 is 1.96 bits per heavy atom. The minimum absolute atomic E-state index is 0.272. The lowest BCUT2D eigenvalue weighted by molar-refractivity contribution is 0.0699. The molecule has 0 amide bonds. The zero-order valence-electron chi connectivity index (χ0n) is 15.4. The molecule has 0 fully saturated rings. The van der Waals surface area contributed by atoms with Crippen LogP contribution in [0.25, 0.3) is 22.2 Å². The van der Waals surface area contributed by atoms with E-state index in [9.17, 15) is 9.90 Å². The van der Waals surface area contributed by atoms with E-state index in [0.29, 0.717) is 17.7 Å². The van der Waals surface area contributed by atoms with Crippen LogP contribution in [0, 0.1) is 13.8 Å². The van der Waals surface area contributed by atoms with Gasteiger partial charge in [-0.15, -0.1) is 0 Å². The maximum absolute atomic E-state index is 11.8. The topological polar surface area (TPSA) is 59.4 Å². The molecule has 1 N–H and O–H groups in total. The fourth-order valence-electron chi connectivity index (χ4n) is 3.09. The summed E-state index contributed by atoms with van der Waals surface area (Å²) in [6.45, 7) is 6.71. The minimum Gasteiger partial charge on any atom is -0.494 e. The number of aryl methyl sites for hydroxylation is 2. The molecule has 26 heavy (non-hydrogen) atoms. The predicted octanol–water partition coefficient (Wildman–Crippen LogP) is 5.40. The van der Waals surface area contributed by atoms with Gasteiger partial charge in [-0.1, -0.05) is 37.1 Å². The van der Waals surface area contributed by atoms with E-state index in [1.165, 1.54) is 0 Å². The molecule has 4 nitrogen and oxygen atoms in total. The lowest BCUT2D eigenvalue weighted by Gasteiger charge is -2.11. The highest BCUT2D eigenvalue weighted by atomic mass is 16.5. The van der Waals surface area contributed by atoms with Gasteiger partial charge in [0.1, 0.15) is 5.75 Å². The molecule has 4 heteroatoms. The smallest absolute Gasteiger partial charge is 0.336 e. The third kappa shape index (κ3) is 3.69. The summed E-state index contributed by atoms with van der Waals surface area (Å²) in [4.78, 5) is 16.6. The molecular weight excluding hydrogens is 326 g/mol. The Balaban J connectivity index is 2.11. The van der Waals surface area contributed by atoms with Crippen LogP contribution >= 0.6 is 0 Å². The number of carboxylic acids is 1. The number of unbranched alkanes of at least 4 members (excludes halogenated alkanes) is 1. The quantitative estimate of drug-likeness (QED) is 0.606. The first-order valence-corrected chi connectivity index (χ1v) is 8.88. The molecular formula is C22H23NO3. The Bertz CT molecular complexity index is 963. The van der Waals surface area contributed by atoms with Crippen molar-refractivity contribution in [2.75, 3.05) is 6.61 Å². The Kier molecular flexibility index (Phi) is 5.21. The van der Waals surface area contributed by atoms with Crippen molar-refractivity contribution in [3.63, 3.8) is 0 Å². The molecule has 1 aromatic heterocycles. The fraction of sp³-hybridized carbons (Fsp3) is 0.273. The normalized spacial score (nSPS) is 10.9. The molecule has 0 aliphatic heterocycles. The van der Waals surface area contributed by atoms with E-state index in [1.807, 2.05) is 50.2 Å². The van der Waals surface area contributed by atoms with E-state index < -0.39 is 5.97 Å². The van der Waals surface area contributed by atoms with E-state index >= 15 is 0 Å². The van der Waals surface area contributed by atoms with Gasteiger partial charge in [-0.25, -0.2) is 9.78 Å². The van der Waals surface area contributed by atoms with Gasteiger partial charge in [-0.05, 0) is 50.1 Å². The molecule has 0 saturated heterocycles. The predicted molar refractivity (Wildman–Crippen MR) is 104 cm³/mol. The zero-order chi connectivity index (χ0) is 18.7. The number of carboxylic acid groups (broad SMARTS) is 1. The monoisotopic (exact) mass is 349 g/mol. The average Bonchev–Trinajstić information content (AvgIpc) is 2.61. The van der Waals surface area contributed by atoms with Crippen LogP contribution < -0.4 is 4.74 Å². The molecule has 134 valence electrons. The van der Waals surface area contributed by atoms with Crippen LogP contribution in [0.15, 0.2) is 42.5 Å². The van der Waals surface area contributed by atoms with Crippen molar-refractivity contribution in [1.82, 2.24) is 4.98 Å². The van der Waals surface area contributed by atoms with E-state index in [2.05, 4.69) is 6.92 Å². The summed E-state index contributed by atoms with van der Waals surface area (Å²) in [5, 5.41) is 10.4. The molecule has 3 rings (SSSR count). The number of fused-ring (bicyclic) bond motifs is 1. The van der Waals surface area contributed by atoms with Crippen LogP contribution in [0.5, 0.6) is 5.75 Å². The molecule has 0 unspecified atom stereocenters. The first-order chi connectivity index (χ1) is 12.5. The SMILES string of the molecule is CCCCOc1cccc(-c2cc(C(=O)O)c3cc(C)cc(C)c3n2)c1. The van der Waals surface area contributed by atoms with Crippen LogP contribution in [-0.2, 0) is 0 Å². The van der Waals surface area contributed by atoms with Crippen LogP contribution in [0.4, 0.5) is 0 Å². The molecule has 0 atom stereocenters. The van der Waals surface area contributed by atoms with E-state index in [-0.39, 0.29) is 5.56 Å². The second-order valence-corrected chi connectivity index (χ2v) is 6.57. The van der Waals surface area contributed by atoms with Crippen molar-refractivity contribution in [3.05, 3.63) is 59.2 Å². The van der Waals surface area contributed by atoms with E-state index in [1.54, 1.807) is 6.07 Å².